The number of nitrogens with zero attached hydrogens (tertiary/aromatic N) is 1. The molecule has 0 aliphatic rings. The molecular formula is C12H25NOSi. The van der Waals surface area contributed by atoms with Crippen LogP contribution >= 0.6 is 0 Å². The van der Waals surface area contributed by atoms with E-state index in [0.717, 1.165) is 18.1 Å². The standard InChI is InChI=1S/C12H25NOSi/c1-7-15(8-2,9-3)14-11(10-13)12(4,5)6/h11H,7-9H2,1-6H3. The van der Waals surface area contributed by atoms with Crippen molar-refractivity contribution in [3.8, 4) is 6.07 Å². The highest BCUT2D eigenvalue weighted by Gasteiger charge is 2.36. The van der Waals surface area contributed by atoms with Gasteiger partial charge in [-0.1, -0.05) is 41.5 Å². The van der Waals surface area contributed by atoms with Crippen LogP contribution in [-0.2, 0) is 4.43 Å². The summed E-state index contributed by atoms with van der Waals surface area (Å²) in [4.78, 5) is 0. The Balaban J connectivity index is 4.73. The van der Waals surface area contributed by atoms with Crippen molar-refractivity contribution in [3.05, 3.63) is 0 Å². The van der Waals surface area contributed by atoms with Gasteiger partial charge in [0.2, 0.25) is 0 Å². The summed E-state index contributed by atoms with van der Waals surface area (Å²) in [5.41, 5.74) is -0.0769. The third-order valence-electron chi connectivity index (χ3n) is 3.20. The summed E-state index contributed by atoms with van der Waals surface area (Å²) in [6, 6.07) is 5.63. The molecule has 0 aliphatic heterocycles. The molecule has 15 heavy (non-hydrogen) atoms. The first kappa shape index (κ1) is 14.7. The molecular weight excluding hydrogens is 202 g/mol. The van der Waals surface area contributed by atoms with Crippen molar-refractivity contribution in [2.75, 3.05) is 0 Å². The van der Waals surface area contributed by atoms with Crippen LogP contribution in [0.1, 0.15) is 41.5 Å². The summed E-state index contributed by atoms with van der Waals surface area (Å²) in [5, 5.41) is 9.16. The lowest BCUT2D eigenvalue weighted by atomic mass is 9.90. The fourth-order valence-corrected chi connectivity index (χ4v) is 4.55. The van der Waals surface area contributed by atoms with Gasteiger partial charge in [-0.3, -0.25) is 0 Å². The van der Waals surface area contributed by atoms with Crippen LogP contribution < -0.4 is 0 Å². The number of rotatable bonds is 5. The van der Waals surface area contributed by atoms with E-state index in [4.69, 9.17) is 9.69 Å². The monoisotopic (exact) mass is 227 g/mol. The second kappa shape index (κ2) is 5.67. The predicted octanol–water partition coefficient (Wildman–Crippen LogP) is 3.95. The highest BCUT2D eigenvalue weighted by molar-refractivity contribution is 6.73. The molecule has 0 saturated heterocycles. The van der Waals surface area contributed by atoms with Crippen molar-refractivity contribution in [2.45, 2.75) is 65.8 Å². The lowest BCUT2D eigenvalue weighted by Crippen LogP contribution is -2.43. The van der Waals surface area contributed by atoms with Crippen LogP contribution in [0, 0.1) is 16.7 Å². The molecule has 0 aromatic rings. The lowest BCUT2D eigenvalue weighted by molar-refractivity contribution is 0.123. The molecule has 0 aromatic heterocycles. The van der Waals surface area contributed by atoms with Gasteiger partial charge in [0, 0.05) is 5.41 Å². The largest absolute Gasteiger partial charge is 0.401 e. The molecule has 3 heteroatoms. The first-order valence-electron chi connectivity index (χ1n) is 5.92. The van der Waals surface area contributed by atoms with E-state index in [1.165, 1.54) is 0 Å². The molecule has 0 N–H and O–H groups in total. The van der Waals surface area contributed by atoms with Crippen molar-refractivity contribution in [2.24, 2.45) is 5.41 Å². The Labute approximate surface area is 95.8 Å². The lowest BCUT2D eigenvalue weighted by Gasteiger charge is -2.35. The predicted molar refractivity (Wildman–Crippen MR) is 67.1 cm³/mol. The molecule has 0 radical (unpaired) electrons. The summed E-state index contributed by atoms with van der Waals surface area (Å²) in [6.45, 7) is 12.8. The van der Waals surface area contributed by atoms with Gasteiger partial charge in [0.25, 0.3) is 0 Å². The molecule has 1 unspecified atom stereocenters. The molecule has 88 valence electrons. The van der Waals surface area contributed by atoms with Gasteiger partial charge in [-0.2, -0.15) is 5.26 Å². The molecule has 0 spiro atoms. The van der Waals surface area contributed by atoms with Gasteiger partial charge in [-0.15, -0.1) is 0 Å². The van der Waals surface area contributed by atoms with Gasteiger partial charge >= 0.3 is 0 Å². The highest BCUT2D eigenvalue weighted by atomic mass is 28.4. The Hall–Kier alpha value is -0.333. The third-order valence-corrected chi connectivity index (χ3v) is 7.81. The Bertz CT molecular complexity index is 214. The quantitative estimate of drug-likeness (QED) is 0.666. The molecule has 0 aliphatic carbocycles. The Kier molecular flexibility index (Phi) is 5.54. The average molecular weight is 227 g/mol. The maximum absolute atomic E-state index is 9.16. The van der Waals surface area contributed by atoms with E-state index in [0.29, 0.717) is 0 Å². The maximum Gasteiger partial charge on any atom is 0.193 e. The molecule has 0 bridgehead atoms. The Morgan fingerprint density at radius 2 is 1.53 bits per heavy atom. The van der Waals surface area contributed by atoms with Crippen LogP contribution in [-0.4, -0.2) is 14.4 Å². The molecule has 0 rings (SSSR count). The van der Waals surface area contributed by atoms with Crippen molar-refractivity contribution < 1.29 is 4.43 Å². The Morgan fingerprint density at radius 3 is 1.73 bits per heavy atom. The van der Waals surface area contributed by atoms with Gasteiger partial charge in [-0.25, -0.2) is 0 Å². The summed E-state index contributed by atoms with van der Waals surface area (Å²) >= 11 is 0. The molecule has 0 aromatic carbocycles. The fraction of sp³-hybridized carbons (Fsp3) is 0.917. The van der Waals surface area contributed by atoms with Crippen LogP contribution in [0.3, 0.4) is 0 Å². The maximum atomic E-state index is 9.16. The zero-order chi connectivity index (χ0) is 12.1. The van der Waals surface area contributed by atoms with Crippen LogP contribution in [0.25, 0.3) is 0 Å². The molecule has 0 saturated carbocycles. The van der Waals surface area contributed by atoms with Crippen LogP contribution in [0.5, 0.6) is 0 Å². The molecule has 0 fully saturated rings. The van der Waals surface area contributed by atoms with Crippen LogP contribution in [0.4, 0.5) is 0 Å². The molecule has 0 heterocycles. The Morgan fingerprint density at radius 1 is 1.13 bits per heavy atom. The minimum absolute atomic E-state index is 0.0769. The topological polar surface area (TPSA) is 33.0 Å². The first-order chi connectivity index (χ1) is 6.85. The first-order valence-corrected chi connectivity index (χ1v) is 8.45. The van der Waals surface area contributed by atoms with Crippen molar-refractivity contribution in [1.29, 1.82) is 5.26 Å². The van der Waals surface area contributed by atoms with Gasteiger partial charge < -0.3 is 4.43 Å². The number of hydrogen-bond donors (Lipinski definition) is 0. The number of hydrogen-bond acceptors (Lipinski definition) is 2. The van der Waals surface area contributed by atoms with E-state index in [9.17, 15) is 0 Å². The zero-order valence-electron chi connectivity index (χ0n) is 11.1. The third kappa shape index (κ3) is 3.96. The average Bonchev–Trinajstić information content (AvgIpc) is 2.19. The van der Waals surface area contributed by atoms with Gasteiger partial charge in [0.05, 0.1) is 6.07 Å². The van der Waals surface area contributed by atoms with Gasteiger partial charge in [0.1, 0.15) is 6.10 Å². The molecule has 1 atom stereocenters. The smallest absolute Gasteiger partial charge is 0.193 e. The van der Waals surface area contributed by atoms with Gasteiger partial charge in [0.15, 0.2) is 8.32 Å². The number of nitriles is 1. The van der Waals surface area contributed by atoms with Crippen molar-refractivity contribution in [3.63, 3.8) is 0 Å². The summed E-state index contributed by atoms with van der Waals surface area (Å²) in [6.07, 6.45) is -0.260. The van der Waals surface area contributed by atoms with E-state index in [1.54, 1.807) is 0 Å². The zero-order valence-corrected chi connectivity index (χ0v) is 12.1. The van der Waals surface area contributed by atoms with Crippen molar-refractivity contribution in [1.82, 2.24) is 0 Å². The SMILES string of the molecule is CC[Si](CC)(CC)OC(C#N)C(C)(C)C. The fourth-order valence-electron chi connectivity index (χ4n) is 1.65. The van der Waals surface area contributed by atoms with E-state index >= 15 is 0 Å². The van der Waals surface area contributed by atoms with Crippen LogP contribution in [0.2, 0.25) is 18.1 Å². The van der Waals surface area contributed by atoms with E-state index in [2.05, 4.69) is 47.6 Å². The van der Waals surface area contributed by atoms with Crippen LogP contribution in [0.15, 0.2) is 0 Å². The molecule has 0 amide bonds. The van der Waals surface area contributed by atoms with E-state index in [-0.39, 0.29) is 11.5 Å². The second-order valence-corrected chi connectivity index (χ2v) is 9.96. The summed E-state index contributed by atoms with van der Waals surface area (Å²) in [7, 11) is -1.63. The summed E-state index contributed by atoms with van der Waals surface area (Å²) < 4.78 is 6.18. The molecule has 2 nitrogen and oxygen atoms in total. The highest BCUT2D eigenvalue weighted by Crippen LogP contribution is 2.30. The van der Waals surface area contributed by atoms with E-state index < -0.39 is 8.32 Å². The van der Waals surface area contributed by atoms with Crippen molar-refractivity contribution >= 4 is 8.32 Å². The minimum atomic E-state index is -1.63. The van der Waals surface area contributed by atoms with Gasteiger partial charge in [-0.05, 0) is 18.1 Å². The van der Waals surface area contributed by atoms with E-state index in [1.807, 2.05) is 0 Å². The second-order valence-electron chi connectivity index (χ2n) is 5.24. The summed E-state index contributed by atoms with van der Waals surface area (Å²) in [5.74, 6) is 0. The normalized spacial score (nSPS) is 14.7. The minimum Gasteiger partial charge on any atom is -0.401 e.